The molecule has 3 nitrogen and oxygen atoms in total. The monoisotopic (exact) mass is 274 g/mol. The normalized spacial score (nSPS) is 31.8. The minimum absolute atomic E-state index is 0.539. The van der Waals surface area contributed by atoms with Gasteiger partial charge in [-0.15, -0.1) is 0 Å². The maximum atomic E-state index is 5.80. The number of fused-ring (bicyclic) bond motifs is 1. The van der Waals surface area contributed by atoms with Crippen LogP contribution in [0.2, 0.25) is 0 Å². The van der Waals surface area contributed by atoms with Gasteiger partial charge in [0, 0.05) is 43.2 Å². The molecule has 1 N–H and O–H groups in total. The van der Waals surface area contributed by atoms with E-state index in [-0.39, 0.29) is 0 Å². The molecule has 110 valence electrons. The summed E-state index contributed by atoms with van der Waals surface area (Å²) in [6, 6.07) is 10.3. The van der Waals surface area contributed by atoms with Gasteiger partial charge in [-0.2, -0.15) is 0 Å². The molecule has 0 spiro atoms. The van der Waals surface area contributed by atoms with Crippen molar-refractivity contribution in [1.29, 1.82) is 0 Å². The molecule has 0 saturated carbocycles. The second-order valence-electron chi connectivity index (χ2n) is 6.27. The number of hydrogen-bond donors (Lipinski definition) is 1. The van der Waals surface area contributed by atoms with Crippen LogP contribution in [-0.2, 0) is 0 Å². The Morgan fingerprint density at radius 1 is 1.05 bits per heavy atom. The molecule has 2 aliphatic heterocycles. The molecule has 1 aromatic rings. The van der Waals surface area contributed by atoms with E-state index in [9.17, 15) is 0 Å². The van der Waals surface area contributed by atoms with Crippen molar-refractivity contribution in [2.75, 3.05) is 19.7 Å². The summed E-state index contributed by atoms with van der Waals surface area (Å²) < 4.78 is 5.80. The van der Waals surface area contributed by atoms with Crippen LogP contribution in [-0.4, -0.2) is 36.7 Å². The smallest absolute Gasteiger partial charge is 0.124 e. The van der Waals surface area contributed by atoms with Crippen LogP contribution in [0.5, 0.6) is 5.75 Å². The number of nitrogens with zero attached hydrogens (tertiary/aromatic N) is 1. The molecule has 1 aromatic carbocycles. The van der Waals surface area contributed by atoms with Gasteiger partial charge < -0.3 is 10.1 Å². The molecule has 0 aromatic heterocycles. The van der Waals surface area contributed by atoms with Crippen LogP contribution < -0.4 is 10.1 Å². The molecule has 2 heterocycles. The van der Waals surface area contributed by atoms with E-state index in [0.717, 1.165) is 18.8 Å². The average molecular weight is 274 g/mol. The van der Waals surface area contributed by atoms with Gasteiger partial charge in [-0.1, -0.05) is 18.2 Å². The second kappa shape index (κ2) is 6.15. The van der Waals surface area contributed by atoms with E-state index in [1.807, 2.05) is 0 Å². The summed E-state index contributed by atoms with van der Waals surface area (Å²) in [5, 5.41) is 3.67. The fourth-order valence-corrected chi connectivity index (χ4v) is 3.50. The highest BCUT2D eigenvalue weighted by molar-refractivity contribution is 5.37. The molecule has 0 aliphatic carbocycles. The van der Waals surface area contributed by atoms with Crippen LogP contribution in [0.15, 0.2) is 24.3 Å². The van der Waals surface area contributed by atoms with Crippen molar-refractivity contribution < 1.29 is 4.74 Å². The molecular weight excluding hydrogens is 248 g/mol. The number of para-hydroxylation sites is 1. The largest absolute Gasteiger partial charge is 0.493 e. The Hall–Kier alpha value is -1.06. The molecule has 0 bridgehead atoms. The van der Waals surface area contributed by atoms with E-state index >= 15 is 0 Å². The molecule has 1 fully saturated rings. The summed E-state index contributed by atoms with van der Waals surface area (Å²) in [7, 11) is 0. The molecule has 3 heteroatoms. The molecule has 0 radical (unpaired) electrons. The van der Waals surface area contributed by atoms with Gasteiger partial charge in [0.05, 0.1) is 6.61 Å². The molecule has 3 rings (SSSR count). The zero-order valence-electron chi connectivity index (χ0n) is 12.6. The first-order valence-electron chi connectivity index (χ1n) is 7.96. The van der Waals surface area contributed by atoms with Crippen LogP contribution in [0.4, 0.5) is 0 Å². The predicted octanol–water partition coefficient (Wildman–Crippen LogP) is 2.97. The lowest BCUT2D eigenvalue weighted by Crippen LogP contribution is -2.44. The summed E-state index contributed by atoms with van der Waals surface area (Å²) in [6.07, 6.45) is 3.57. The first-order chi connectivity index (χ1) is 9.74. The minimum Gasteiger partial charge on any atom is -0.493 e. The zero-order chi connectivity index (χ0) is 13.9. The first-order valence-corrected chi connectivity index (χ1v) is 7.96. The Morgan fingerprint density at radius 2 is 1.75 bits per heavy atom. The number of hydrogen-bond acceptors (Lipinski definition) is 3. The van der Waals surface area contributed by atoms with Crippen molar-refractivity contribution in [3.8, 4) is 5.75 Å². The van der Waals surface area contributed by atoms with Crippen LogP contribution in [0.3, 0.4) is 0 Å². The van der Waals surface area contributed by atoms with Gasteiger partial charge >= 0.3 is 0 Å². The number of ether oxygens (including phenoxy) is 1. The molecule has 0 amide bonds. The van der Waals surface area contributed by atoms with Gasteiger partial charge in [0.2, 0.25) is 0 Å². The fourth-order valence-electron chi connectivity index (χ4n) is 3.50. The van der Waals surface area contributed by atoms with E-state index in [0.29, 0.717) is 18.1 Å². The van der Waals surface area contributed by atoms with Gasteiger partial charge in [-0.25, -0.2) is 0 Å². The summed E-state index contributed by atoms with van der Waals surface area (Å²) in [4.78, 5) is 2.68. The third-order valence-corrected chi connectivity index (χ3v) is 4.64. The third-order valence-electron chi connectivity index (χ3n) is 4.64. The SMILES string of the molecule is CC1CCN(C2CCOc3ccccc32)CCC(C)N1. The molecule has 3 unspecified atom stereocenters. The standard InChI is InChI=1S/C17H26N2O/c1-13-7-10-19(11-8-14(2)18-13)16-9-12-20-17-6-4-3-5-15(16)17/h3-6,13-14,16,18H,7-12H2,1-2H3. The Labute approximate surface area is 122 Å². The highest BCUT2D eigenvalue weighted by atomic mass is 16.5. The van der Waals surface area contributed by atoms with Gasteiger partial charge in [-0.05, 0) is 32.8 Å². The predicted molar refractivity (Wildman–Crippen MR) is 82.2 cm³/mol. The summed E-state index contributed by atoms with van der Waals surface area (Å²) in [5.74, 6) is 1.09. The molecule has 3 atom stereocenters. The highest BCUT2D eigenvalue weighted by Crippen LogP contribution is 2.36. The van der Waals surface area contributed by atoms with Crippen molar-refractivity contribution in [3.05, 3.63) is 29.8 Å². The Morgan fingerprint density at radius 3 is 2.50 bits per heavy atom. The Bertz CT molecular complexity index is 436. The average Bonchev–Trinajstić information content (AvgIpc) is 2.45. The molecule has 1 saturated heterocycles. The molecule has 20 heavy (non-hydrogen) atoms. The Balaban J connectivity index is 1.78. The van der Waals surface area contributed by atoms with Crippen molar-refractivity contribution in [2.45, 2.75) is 51.2 Å². The molecule has 2 aliphatic rings. The highest BCUT2D eigenvalue weighted by Gasteiger charge is 2.28. The van der Waals surface area contributed by atoms with Crippen molar-refractivity contribution >= 4 is 0 Å². The summed E-state index contributed by atoms with van der Waals surface area (Å²) in [6.45, 7) is 7.82. The lowest BCUT2D eigenvalue weighted by molar-refractivity contribution is 0.120. The quantitative estimate of drug-likeness (QED) is 0.852. The van der Waals surface area contributed by atoms with Gasteiger partial charge in [0.25, 0.3) is 0 Å². The third kappa shape index (κ3) is 2.99. The number of benzene rings is 1. The van der Waals surface area contributed by atoms with Crippen LogP contribution in [0.25, 0.3) is 0 Å². The second-order valence-corrected chi connectivity index (χ2v) is 6.27. The van der Waals surface area contributed by atoms with Gasteiger partial charge in [0.1, 0.15) is 5.75 Å². The van der Waals surface area contributed by atoms with Crippen molar-refractivity contribution in [1.82, 2.24) is 10.2 Å². The molecular formula is C17H26N2O. The lowest BCUT2D eigenvalue weighted by Gasteiger charge is -2.38. The van der Waals surface area contributed by atoms with E-state index in [4.69, 9.17) is 4.74 Å². The fraction of sp³-hybridized carbons (Fsp3) is 0.647. The van der Waals surface area contributed by atoms with Crippen molar-refractivity contribution in [2.24, 2.45) is 0 Å². The topological polar surface area (TPSA) is 24.5 Å². The summed E-state index contributed by atoms with van der Waals surface area (Å²) in [5.41, 5.74) is 1.38. The van der Waals surface area contributed by atoms with Gasteiger partial charge in [0.15, 0.2) is 0 Å². The van der Waals surface area contributed by atoms with Crippen molar-refractivity contribution in [3.63, 3.8) is 0 Å². The van der Waals surface area contributed by atoms with E-state index in [1.54, 1.807) is 0 Å². The maximum Gasteiger partial charge on any atom is 0.124 e. The lowest BCUT2D eigenvalue weighted by atomic mass is 9.97. The first kappa shape index (κ1) is 13.9. The zero-order valence-corrected chi connectivity index (χ0v) is 12.6. The minimum atomic E-state index is 0.539. The number of rotatable bonds is 1. The van der Waals surface area contributed by atoms with E-state index in [1.165, 1.54) is 31.5 Å². The van der Waals surface area contributed by atoms with E-state index < -0.39 is 0 Å². The number of nitrogens with one attached hydrogen (secondary N) is 1. The Kier molecular flexibility index (Phi) is 4.27. The van der Waals surface area contributed by atoms with Crippen LogP contribution in [0.1, 0.15) is 44.7 Å². The maximum absolute atomic E-state index is 5.80. The van der Waals surface area contributed by atoms with Crippen LogP contribution >= 0.6 is 0 Å². The van der Waals surface area contributed by atoms with Gasteiger partial charge in [-0.3, -0.25) is 4.90 Å². The summed E-state index contributed by atoms with van der Waals surface area (Å²) >= 11 is 0. The van der Waals surface area contributed by atoms with Crippen LogP contribution in [0, 0.1) is 0 Å². The van der Waals surface area contributed by atoms with E-state index in [2.05, 4.69) is 48.3 Å².